The average molecular weight is 399 g/mol. The Morgan fingerprint density at radius 1 is 1.26 bits per heavy atom. The lowest BCUT2D eigenvalue weighted by Gasteiger charge is -2.02. The summed E-state index contributed by atoms with van der Waals surface area (Å²) in [6, 6.07) is 13.1. The molecule has 0 aliphatic carbocycles. The summed E-state index contributed by atoms with van der Waals surface area (Å²) in [7, 11) is 1.62. The second-order valence-corrected chi connectivity index (χ2v) is 7.23. The minimum absolute atomic E-state index is 0.166. The number of fused-ring (bicyclic) bond motifs is 1. The number of hydrogen-bond donors (Lipinski definition) is 2. The molecule has 4 aromatic rings. The van der Waals surface area contributed by atoms with Gasteiger partial charge in [-0.3, -0.25) is 4.79 Å². The summed E-state index contributed by atoms with van der Waals surface area (Å²) >= 11 is 7.47. The van der Waals surface area contributed by atoms with Crippen molar-refractivity contribution in [2.75, 3.05) is 12.4 Å². The number of rotatable bonds is 5. The van der Waals surface area contributed by atoms with Gasteiger partial charge in [-0.05, 0) is 29.8 Å². The van der Waals surface area contributed by atoms with E-state index in [0.29, 0.717) is 15.2 Å². The summed E-state index contributed by atoms with van der Waals surface area (Å²) in [5.41, 5.74) is 2.63. The van der Waals surface area contributed by atoms with Gasteiger partial charge in [0.15, 0.2) is 5.01 Å². The molecule has 0 bridgehead atoms. The standard InChI is InChI=1S/C19H15ClN4O2S/c1-26-12-6-7-16-14(9-12)11(10-21-16)8-17(25)22-19-24-23-18(27-19)13-4-2-3-5-15(13)20/h2-7,9-10,21H,8H2,1H3,(H,22,24,25). The molecule has 0 spiro atoms. The van der Waals surface area contributed by atoms with Crippen molar-refractivity contribution >= 4 is 44.9 Å². The number of H-pyrrole nitrogens is 1. The largest absolute Gasteiger partial charge is 0.497 e. The Morgan fingerprint density at radius 2 is 2.11 bits per heavy atom. The van der Waals surface area contributed by atoms with E-state index < -0.39 is 0 Å². The predicted octanol–water partition coefficient (Wildman–Crippen LogP) is 4.53. The number of amides is 1. The van der Waals surface area contributed by atoms with E-state index in [1.165, 1.54) is 11.3 Å². The fourth-order valence-electron chi connectivity index (χ4n) is 2.78. The van der Waals surface area contributed by atoms with Gasteiger partial charge in [0.05, 0.1) is 18.6 Å². The number of aromatic amines is 1. The van der Waals surface area contributed by atoms with Crippen molar-refractivity contribution in [3.8, 4) is 16.3 Å². The van der Waals surface area contributed by atoms with Crippen molar-refractivity contribution in [2.45, 2.75) is 6.42 Å². The van der Waals surface area contributed by atoms with Gasteiger partial charge in [0, 0.05) is 22.7 Å². The number of methoxy groups -OCH3 is 1. The number of hydrogen-bond acceptors (Lipinski definition) is 5. The Kier molecular flexibility index (Phi) is 4.79. The zero-order valence-electron chi connectivity index (χ0n) is 14.3. The molecule has 0 saturated carbocycles. The third-order valence-corrected chi connectivity index (χ3v) is 5.30. The number of ether oxygens (including phenoxy) is 1. The monoisotopic (exact) mass is 398 g/mol. The van der Waals surface area contributed by atoms with Crippen LogP contribution in [0.4, 0.5) is 5.13 Å². The van der Waals surface area contributed by atoms with Crippen LogP contribution in [-0.2, 0) is 11.2 Å². The smallest absolute Gasteiger partial charge is 0.230 e. The predicted molar refractivity (Wildman–Crippen MR) is 108 cm³/mol. The first-order chi connectivity index (χ1) is 13.1. The van der Waals surface area contributed by atoms with Crippen LogP contribution in [0.3, 0.4) is 0 Å². The Morgan fingerprint density at radius 3 is 2.93 bits per heavy atom. The molecular formula is C19H15ClN4O2S. The number of nitrogens with one attached hydrogen (secondary N) is 2. The number of aromatic nitrogens is 3. The summed E-state index contributed by atoms with van der Waals surface area (Å²) in [6.45, 7) is 0. The summed E-state index contributed by atoms with van der Waals surface area (Å²) in [6.07, 6.45) is 2.05. The molecule has 8 heteroatoms. The summed E-state index contributed by atoms with van der Waals surface area (Å²) in [5, 5.41) is 13.6. The maximum atomic E-state index is 12.4. The van der Waals surface area contributed by atoms with Crippen molar-refractivity contribution in [2.24, 2.45) is 0 Å². The van der Waals surface area contributed by atoms with Gasteiger partial charge in [-0.2, -0.15) is 0 Å². The van der Waals surface area contributed by atoms with Gasteiger partial charge in [0.1, 0.15) is 5.75 Å². The second-order valence-electron chi connectivity index (χ2n) is 5.84. The minimum atomic E-state index is -0.166. The lowest BCUT2D eigenvalue weighted by Crippen LogP contribution is -2.14. The fraction of sp³-hybridized carbons (Fsp3) is 0.105. The summed E-state index contributed by atoms with van der Waals surface area (Å²) < 4.78 is 5.26. The van der Waals surface area contributed by atoms with Gasteiger partial charge in [-0.1, -0.05) is 41.1 Å². The Labute approximate surface area is 164 Å². The third-order valence-electron chi connectivity index (χ3n) is 4.10. The van der Waals surface area contributed by atoms with Gasteiger partial charge < -0.3 is 15.0 Å². The molecule has 0 fully saturated rings. The van der Waals surface area contributed by atoms with Crippen molar-refractivity contribution in [3.05, 3.63) is 59.2 Å². The molecule has 2 aromatic heterocycles. The Balaban J connectivity index is 1.50. The molecular weight excluding hydrogens is 384 g/mol. The number of benzene rings is 2. The average Bonchev–Trinajstić information content (AvgIpc) is 3.29. The normalized spacial score (nSPS) is 10.9. The third kappa shape index (κ3) is 3.65. The molecule has 0 unspecified atom stereocenters. The van der Waals surface area contributed by atoms with Crippen LogP contribution < -0.4 is 10.1 Å². The second kappa shape index (κ2) is 7.38. The molecule has 0 saturated heterocycles. The summed E-state index contributed by atoms with van der Waals surface area (Å²) in [5.74, 6) is 0.581. The van der Waals surface area contributed by atoms with E-state index >= 15 is 0 Å². The van der Waals surface area contributed by atoms with E-state index in [0.717, 1.165) is 27.8 Å². The number of carbonyl (C=O) groups excluding carboxylic acids is 1. The molecule has 2 heterocycles. The molecule has 2 aromatic carbocycles. The van der Waals surface area contributed by atoms with Crippen LogP contribution in [0.1, 0.15) is 5.56 Å². The molecule has 27 heavy (non-hydrogen) atoms. The maximum absolute atomic E-state index is 12.4. The van der Waals surface area contributed by atoms with Crippen LogP contribution >= 0.6 is 22.9 Å². The Hall–Kier alpha value is -2.90. The lowest BCUT2D eigenvalue weighted by molar-refractivity contribution is -0.115. The number of carbonyl (C=O) groups is 1. The molecule has 0 aliphatic heterocycles. The summed E-state index contributed by atoms with van der Waals surface area (Å²) in [4.78, 5) is 15.6. The molecule has 136 valence electrons. The van der Waals surface area contributed by atoms with E-state index in [9.17, 15) is 4.79 Å². The molecule has 0 atom stereocenters. The number of anilines is 1. The van der Waals surface area contributed by atoms with Crippen molar-refractivity contribution in [3.63, 3.8) is 0 Å². The van der Waals surface area contributed by atoms with Crippen molar-refractivity contribution in [1.29, 1.82) is 0 Å². The van der Waals surface area contributed by atoms with Crippen LogP contribution in [0.25, 0.3) is 21.5 Å². The highest BCUT2D eigenvalue weighted by Gasteiger charge is 2.14. The van der Waals surface area contributed by atoms with Crippen LogP contribution in [0.15, 0.2) is 48.7 Å². The zero-order valence-corrected chi connectivity index (χ0v) is 15.9. The van der Waals surface area contributed by atoms with E-state index in [2.05, 4.69) is 20.5 Å². The van der Waals surface area contributed by atoms with Crippen LogP contribution in [0.5, 0.6) is 5.75 Å². The highest BCUT2D eigenvalue weighted by atomic mass is 35.5. The lowest BCUT2D eigenvalue weighted by atomic mass is 10.1. The molecule has 2 N–H and O–H groups in total. The zero-order chi connectivity index (χ0) is 18.8. The topological polar surface area (TPSA) is 79.9 Å². The highest BCUT2D eigenvalue weighted by molar-refractivity contribution is 7.18. The van der Waals surface area contributed by atoms with Crippen molar-refractivity contribution < 1.29 is 9.53 Å². The first-order valence-corrected chi connectivity index (χ1v) is 9.36. The number of halogens is 1. The van der Waals surface area contributed by atoms with Gasteiger partial charge >= 0.3 is 0 Å². The van der Waals surface area contributed by atoms with Gasteiger partial charge in [0.25, 0.3) is 0 Å². The minimum Gasteiger partial charge on any atom is -0.497 e. The fourth-order valence-corrected chi connectivity index (χ4v) is 3.86. The first-order valence-electron chi connectivity index (χ1n) is 8.16. The van der Waals surface area contributed by atoms with Gasteiger partial charge in [-0.15, -0.1) is 10.2 Å². The van der Waals surface area contributed by atoms with Crippen LogP contribution in [-0.4, -0.2) is 28.2 Å². The highest BCUT2D eigenvalue weighted by Crippen LogP contribution is 2.31. The molecule has 0 aliphatic rings. The quantitative estimate of drug-likeness (QED) is 0.517. The SMILES string of the molecule is COc1ccc2[nH]cc(CC(=O)Nc3nnc(-c4ccccc4Cl)s3)c2c1. The number of nitrogens with zero attached hydrogens (tertiary/aromatic N) is 2. The van der Waals surface area contributed by atoms with Gasteiger partial charge in [-0.25, -0.2) is 0 Å². The first kappa shape index (κ1) is 17.5. The van der Waals surface area contributed by atoms with Gasteiger partial charge in [0.2, 0.25) is 11.0 Å². The molecule has 6 nitrogen and oxygen atoms in total. The van der Waals surface area contributed by atoms with Crippen LogP contribution in [0.2, 0.25) is 5.02 Å². The molecule has 0 radical (unpaired) electrons. The maximum Gasteiger partial charge on any atom is 0.230 e. The Bertz CT molecular complexity index is 1120. The van der Waals surface area contributed by atoms with Crippen molar-refractivity contribution in [1.82, 2.24) is 15.2 Å². The van der Waals surface area contributed by atoms with Crippen LogP contribution in [0, 0.1) is 0 Å². The van der Waals surface area contributed by atoms with E-state index in [1.54, 1.807) is 13.2 Å². The van der Waals surface area contributed by atoms with E-state index in [-0.39, 0.29) is 12.3 Å². The van der Waals surface area contributed by atoms with E-state index in [4.69, 9.17) is 16.3 Å². The van der Waals surface area contributed by atoms with E-state index in [1.807, 2.05) is 42.6 Å². The molecule has 1 amide bonds. The molecule has 4 rings (SSSR count).